The first kappa shape index (κ1) is 15.9. The molecule has 4 nitrogen and oxygen atoms in total. The van der Waals surface area contributed by atoms with Crippen LogP contribution in [0.15, 0.2) is 18.2 Å². The maximum absolute atomic E-state index is 6.00. The molecule has 0 spiro atoms. The summed E-state index contributed by atoms with van der Waals surface area (Å²) in [6.07, 6.45) is 0. The summed E-state index contributed by atoms with van der Waals surface area (Å²) >= 11 is 11.9. The lowest BCUT2D eigenvalue weighted by Gasteiger charge is -2.14. The minimum absolute atomic E-state index is 0.203. The minimum atomic E-state index is 0.203. The van der Waals surface area contributed by atoms with Crippen molar-refractivity contribution in [3.8, 4) is 11.6 Å². The number of hydrogen-bond donors (Lipinski definition) is 1. The SMILES string of the molecule is CNc1nc(C(C)C)nc(Oc2ccc(Cl)c(Cl)c2)c1C. The zero-order valence-corrected chi connectivity index (χ0v) is 13.9. The van der Waals surface area contributed by atoms with Crippen molar-refractivity contribution in [2.45, 2.75) is 26.7 Å². The number of nitrogens with one attached hydrogen (secondary N) is 1. The number of benzene rings is 1. The number of hydrogen-bond acceptors (Lipinski definition) is 4. The van der Waals surface area contributed by atoms with Gasteiger partial charge in [-0.15, -0.1) is 0 Å². The highest BCUT2D eigenvalue weighted by Crippen LogP contribution is 2.32. The third kappa shape index (κ3) is 3.57. The highest BCUT2D eigenvalue weighted by molar-refractivity contribution is 6.42. The number of halogens is 2. The van der Waals surface area contributed by atoms with E-state index in [1.165, 1.54) is 0 Å². The van der Waals surface area contributed by atoms with Gasteiger partial charge in [-0.3, -0.25) is 0 Å². The maximum Gasteiger partial charge on any atom is 0.227 e. The van der Waals surface area contributed by atoms with Gasteiger partial charge < -0.3 is 10.1 Å². The molecule has 0 fully saturated rings. The molecule has 0 amide bonds. The van der Waals surface area contributed by atoms with Gasteiger partial charge in [-0.1, -0.05) is 37.0 Å². The molecule has 0 aliphatic rings. The van der Waals surface area contributed by atoms with E-state index in [0.717, 1.165) is 17.2 Å². The molecule has 2 rings (SSSR count). The molecule has 0 radical (unpaired) electrons. The average Bonchev–Trinajstić information content (AvgIpc) is 2.44. The fraction of sp³-hybridized carbons (Fsp3) is 0.333. The molecule has 1 N–H and O–H groups in total. The van der Waals surface area contributed by atoms with Crippen LogP contribution in [0.5, 0.6) is 11.6 Å². The van der Waals surface area contributed by atoms with Crippen LogP contribution >= 0.6 is 23.2 Å². The molecule has 21 heavy (non-hydrogen) atoms. The van der Waals surface area contributed by atoms with E-state index in [1.54, 1.807) is 18.2 Å². The molecule has 0 bridgehead atoms. The van der Waals surface area contributed by atoms with Crippen molar-refractivity contribution in [1.82, 2.24) is 9.97 Å². The first-order valence-corrected chi connectivity index (χ1v) is 7.37. The van der Waals surface area contributed by atoms with Crippen molar-refractivity contribution in [3.63, 3.8) is 0 Å². The van der Waals surface area contributed by atoms with Crippen molar-refractivity contribution < 1.29 is 4.74 Å². The second kappa shape index (κ2) is 6.50. The standard InChI is InChI=1S/C15H17Cl2N3O/c1-8(2)13-19-14(18-4)9(3)15(20-13)21-10-5-6-11(16)12(17)7-10/h5-8H,1-4H3,(H,18,19,20). The van der Waals surface area contributed by atoms with Gasteiger partial charge in [0.15, 0.2) is 0 Å². The summed E-state index contributed by atoms with van der Waals surface area (Å²) in [7, 11) is 1.82. The highest BCUT2D eigenvalue weighted by Gasteiger charge is 2.14. The molecule has 0 atom stereocenters. The molecular formula is C15H17Cl2N3O. The normalized spacial score (nSPS) is 10.8. The minimum Gasteiger partial charge on any atom is -0.438 e. The molecule has 2 aromatic rings. The van der Waals surface area contributed by atoms with E-state index in [9.17, 15) is 0 Å². The number of nitrogens with zero attached hydrogens (tertiary/aromatic N) is 2. The van der Waals surface area contributed by atoms with Crippen LogP contribution < -0.4 is 10.1 Å². The lowest BCUT2D eigenvalue weighted by Crippen LogP contribution is -2.06. The van der Waals surface area contributed by atoms with Crippen LogP contribution in [0.25, 0.3) is 0 Å². The maximum atomic E-state index is 6.00. The van der Waals surface area contributed by atoms with Crippen LogP contribution in [-0.4, -0.2) is 17.0 Å². The Labute approximate surface area is 134 Å². The van der Waals surface area contributed by atoms with Gasteiger partial charge in [-0.05, 0) is 19.1 Å². The average molecular weight is 326 g/mol. The monoisotopic (exact) mass is 325 g/mol. The van der Waals surface area contributed by atoms with E-state index in [-0.39, 0.29) is 5.92 Å². The van der Waals surface area contributed by atoms with Crippen LogP contribution in [0.3, 0.4) is 0 Å². The third-order valence-electron chi connectivity index (χ3n) is 2.98. The lowest BCUT2D eigenvalue weighted by molar-refractivity contribution is 0.453. The van der Waals surface area contributed by atoms with Gasteiger partial charge >= 0.3 is 0 Å². The van der Waals surface area contributed by atoms with E-state index in [2.05, 4.69) is 15.3 Å². The Hall–Kier alpha value is -1.52. The quantitative estimate of drug-likeness (QED) is 0.854. The summed E-state index contributed by atoms with van der Waals surface area (Å²) in [5.74, 6) is 2.78. The van der Waals surface area contributed by atoms with Gasteiger partial charge in [0, 0.05) is 19.0 Å². The molecule has 6 heteroatoms. The fourth-order valence-corrected chi connectivity index (χ4v) is 2.05. The van der Waals surface area contributed by atoms with Crippen molar-refractivity contribution in [1.29, 1.82) is 0 Å². The Bertz CT molecular complexity index is 660. The summed E-state index contributed by atoms with van der Waals surface area (Å²) in [4.78, 5) is 8.95. The highest BCUT2D eigenvalue weighted by atomic mass is 35.5. The number of rotatable bonds is 4. The molecule has 0 aliphatic carbocycles. The first-order chi connectivity index (χ1) is 9.92. The van der Waals surface area contributed by atoms with Crippen LogP contribution in [0.1, 0.15) is 31.2 Å². The van der Waals surface area contributed by atoms with Gasteiger partial charge in [-0.25, -0.2) is 4.98 Å². The second-order valence-corrected chi connectivity index (χ2v) is 5.76. The molecule has 0 unspecified atom stereocenters. The Kier molecular flexibility index (Phi) is 4.91. The van der Waals surface area contributed by atoms with Crippen molar-refractivity contribution in [2.75, 3.05) is 12.4 Å². The zero-order chi connectivity index (χ0) is 15.6. The molecule has 1 aromatic carbocycles. The summed E-state index contributed by atoms with van der Waals surface area (Å²) in [5.41, 5.74) is 0.841. The van der Waals surface area contributed by atoms with Crippen LogP contribution in [-0.2, 0) is 0 Å². The van der Waals surface area contributed by atoms with Crippen molar-refractivity contribution in [3.05, 3.63) is 39.6 Å². The van der Waals surface area contributed by atoms with Gasteiger partial charge in [0.05, 0.1) is 15.6 Å². The molecule has 1 heterocycles. The smallest absolute Gasteiger partial charge is 0.227 e. The molecule has 0 aliphatic heterocycles. The Balaban J connectivity index is 2.42. The summed E-state index contributed by atoms with van der Waals surface area (Å²) in [5, 5.41) is 3.99. The van der Waals surface area contributed by atoms with Gasteiger partial charge in [0.2, 0.25) is 5.88 Å². The van der Waals surface area contributed by atoms with Crippen molar-refractivity contribution in [2.24, 2.45) is 0 Å². The van der Waals surface area contributed by atoms with Gasteiger partial charge in [-0.2, -0.15) is 4.98 Å². The van der Waals surface area contributed by atoms with Crippen LogP contribution in [0.2, 0.25) is 10.0 Å². The molecule has 112 valence electrons. The van der Waals surface area contributed by atoms with E-state index >= 15 is 0 Å². The van der Waals surface area contributed by atoms with Gasteiger partial charge in [0.1, 0.15) is 17.4 Å². The molecule has 0 saturated heterocycles. The second-order valence-electron chi connectivity index (χ2n) is 4.94. The Morgan fingerprint density at radius 3 is 2.43 bits per heavy atom. The topological polar surface area (TPSA) is 47.0 Å². The van der Waals surface area contributed by atoms with Crippen LogP contribution in [0, 0.1) is 6.92 Å². The Morgan fingerprint density at radius 1 is 1.14 bits per heavy atom. The van der Waals surface area contributed by atoms with E-state index < -0.39 is 0 Å². The predicted molar refractivity (Wildman–Crippen MR) is 86.9 cm³/mol. The summed E-state index contributed by atoms with van der Waals surface area (Å²) in [6.45, 7) is 5.98. The van der Waals surface area contributed by atoms with E-state index in [0.29, 0.717) is 21.7 Å². The number of ether oxygens (including phenoxy) is 1. The molecular weight excluding hydrogens is 309 g/mol. The molecule has 0 saturated carbocycles. The van der Waals surface area contributed by atoms with Crippen molar-refractivity contribution >= 4 is 29.0 Å². The zero-order valence-electron chi connectivity index (χ0n) is 12.4. The summed E-state index contributed by atoms with van der Waals surface area (Å²) < 4.78 is 5.84. The first-order valence-electron chi connectivity index (χ1n) is 6.61. The Morgan fingerprint density at radius 2 is 1.86 bits per heavy atom. The predicted octanol–water partition coefficient (Wildman–Crippen LogP) is 5.05. The van der Waals surface area contributed by atoms with Crippen LogP contribution in [0.4, 0.5) is 5.82 Å². The number of anilines is 1. The fourth-order valence-electron chi connectivity index (χ4n) is 1.77. The largest absolute Gasteiger partial charge is 0.438 e. The lowest BCUT2D eigenvalue weighted by atomic mass is 10.2. The van der Waals surface area contributed by atoms with Gasteiger partial charge in [0.25, 0.3) is 0 Å². The molecule has 1 aromatic heterocycles. The van der Waals surface area contributed by atoms with E-state index in [1.807, 2.05) is 27.8 Å². The van der Waals surface area contributed by atoms with E-state index in [4.69, 9.17) is 27.9 Å². The number of aromatic nitrogens is 2. The summed E-state index contributed by atoms with van der Waals surface area (Å²) in [6, 6.07) is 5.11. The third-order valence-corrected chi connectivity index (χ3v) is 3.72.